The minimum absolute atomic E-state index is 0.223. The van der Waals surface area contributed by atoms with Gasteiger partial charge in [0.05, 0.1) is 10.6 Å². The van der Waals surface area contributed by atoms with Crippen LogP contribution in [0, 0.1) is 13.8 Å². The Labute approximate surface area is 144 Å². The Kier molecular flexibility index (Phi) is 4.55. The van der Waals surface area contributed by atoms with E-state index in [0.29, 0.717) is 27.3 Å². The number of halogens is 2. The molecule has 0 aliphatic rings. The molecule has 0 aliphatic carbocycles. The fourth-order valence-corrected chi connectivity index (χ4v) is 2.74. The number of hydrogen-bond donors (Lipinski definition) is 0. The molecule has 0 aliphatic heterocycles. The van der Waals surface area contributed by atoms with E-state index in [9.17, 15) is 0 Å². The van der Waals surface area contributed by atoms with E-state index in [1.54, 1.807) is 18.2 Å². The van der Waals surface area contributed by atoms with Crippen LogP contribution in [0.25, 0.3) is 11.5 Å². The zero-order chi connectivity index (χ0) is 16.4. The molecule has 118 valence electrons. The average Bonchev–Trinajstić information content (AvgIpc) is 2.95. The van der Waals surface area contributed by atoms with Gasteiger partial charge in [-0.2, -0.15) is 4.98 Å². The molecule has 0 radical (unpaired) electrons. The van der Waals surface area contributed by atoms with Gasteiger partial charge in [0.15, 0.2) is 6.61 Å². The number of benzene rings is 2. The molecule has 0 atom stereocenters. The third kappa shape index (κ3) is 3.49. The van der Waals surface area contributed by atoms with Crippen LogP contribution < -0.4 is 4.74 Å². The van der Waals surface area contributed by atoms with Gasteiger partial charge < -0.3 is 9.26 Å². The third-order valence-corrected chi connectivity index (χ3v) is 3.93. The van der Waals surface area contributed by atoms with Crippen LogP contribution in [0.5, 0.6) is 5.75 Å². The molecule has 0 saturated carbocycles. The summed E-state index contributed by atoms with van der Waals surface area (Å²) in [4.78, 5) is 4.32. The largest absolute Gasteiger partial charge is 0.485 e. The van der Waals surface area contributed by atoms with Gasteiger partial charge in [0.25, 0.3) is 5.89 Å². The molecular formula is C17H14Cl2N2O2. The van der Waals surface area contributed by atoms with Crippen LogP contribution in [0.2, 0.25) is 10.0 Å². The predicted molar refractivity (Wildman–Crippen MR) is 90.0 cm³/mol. The first-order valence-electron chi connectivity index (χ1n) is 7.01. The molecule has 6 heteroatoms. The maximum atomic E-state index is 6.14. The van der Waals surface area contributed by atoms with Crippen molar-refractivity contribution in [3.8, 4) is 17.2 Å². The van der Waals surface area contributed by atoms with Crippen LogP contribution in [0.1, 0.15) is 17.0 Å². The Balaban J connectivity index is 1.77. The fraction of sp³-hybridized carbons (Fsp3) is 0.176. The Morgan fingerprint density at radius 1 is 1.09 bits per heavy atom. The standard InChI is InChI=1S/C17H14Cl2N2O2/c1-10-4-3-5-11(2)16(10)22-9-15-20-17(23-21-15)13-7-6-12(18)8-14(13)19/h3-8H,9H2,1-2H3. The van der Waals surface area contributed by atoms with E-state index in [1.807, 2.05) is 32.0 Å². The summed E-state index contributed by atoms with van der Waals surface area (Å²) in [6, 6.07) is 11.1. The molecule has 0 bridgehead atoms. The summed E-state index contributed by atoms with van der Waals surface area (Å²) in [7, 11) is 0. The Bertz CT molecular complexity index is 826. The monoisotopic (exact) mass is 348 g/mol. The summed E-state index contributed by atoms with van der Waals surface area (Å²) in [5.74, 6) is 1.63. The Morgan fingerprint density at radius 2 is 1.83 bits per heavy atom. The number of hydrogen-bond acceptors (Lipinski definition) is 4. The SMILES string of the molecule is Cc1cccc(C)c1OCc1noc(-c2ccc(Cl)cc2Cl)n1. The number of para-hydroxylation sites is 1. The number of rotatable bonds is 4. The maximum absolute atomic E-state index is 6.14. The molecular weight excluding hydrogens is 335 g/mol. The first-order chi connectivity index (χ1) is 11.0. The Morgan fingerprint density at radius 3 is 2.52 bits per heavy atom. The summed E-state index contributed by atoms with van der Waals surface area (Å²) in [6.07, 6.45) is 0. The van der Waals surface area contributed by atoms with Gasteiger partial charge in [-0.15, -0.1) is 0 Å². The highest BCUT2D eigenvalue weighted by atomic mass is 35.5. The van der Waals surface area contributed by atoms with Crippen LogP contribution in [0.15, 0.2) is 40.9 Å². The normalized spacial score (nSPS) is 10.8. The number of aromatic nitrogens is 2. The van der Waals surface area contributed by atoms with Crippen LogP contribution in [-0.4, -0.2) is 10.1 Å². The lowest BCUT2D eigenvalue weighted by atomic mass is 10.1. The maximum Gasteiger partial charge on any atom is 0.259 e. The number of aryl methyl sites for hydroxylation is 2. The van der Waals surface area contributed by atoms with E-state index >= 15 is 0 Å². The highest BCUT2D eigenvalue weighted by molar-refractivity contribution is 6.36. The Hall–Kier alpha value is -2.04. The van der Waals surface area contributed by atoms with Crippen molar-refractivity contribution in [2.75, 3.05) is 0 Å². The first-order valence-corrected chi connectivity index (χ1v) is 7.77. The van der Waals surface area contributed by atoms with Crippen LogP contribution in [0.3, 0.4) is 0 Å². The second-order valence-corrected chi connectivity index (χ2v) is 5.99. The van der Waals surface area contributed by atoms with E-state index < -0.39 is 0 Å². The van der Waals surface area contributed by atoms with E-state index in [2.05, 4.69) is 10.1 Å². The lowest BCUT2D eigenvalue weighted by Crippen LogP contribution is -2.00. The highest BCUT2D eigenvalue weighted by Gasteiger charge is 2.13. The van der Waals surface area contributed by atoms with Crippen LogP contribution >= 0.6 is 23.2 Å². The van der Waals surface area contributed by atoms with E-state index in [-0.39, 0.29) is 6.61 Å². The molecule has 0 spiro atoms. The van der Waals surface area contributed by atoms with E-state index in [1.165, 1.54) is 0 Å². The summed E-state index contributed by atoms with van der Waals surface area (Å²) in [5, 5.41) is 4.94. The van der Waals surface area contributed by atoms with E-state index in [4.69, 9.17) is 32.5 Å². The average molecular weight is 349 g/mol. The molecule has 3 rings (SSSR count). The molecule has 2 aromatic carbocycles. The zero-order valence-electron chi connectivity index (χ0n) is 12.6. The van der Waals surface area contributed by atoms with Gasteiger partial charge in [-0.05, 0) is 43.2 Å². The van der Waals surface area contributed by atoms with Gasteiger partial charge >= 0.3 is 0 Å². The van der Waals surface area contributed by atoms with Gasteiger partial charge in [0.1, 0.15) is 5.75 Å². The first kappa shape index (κ1) is 15.8. The van der Waals surface area contributed by atoms with Crippen molar-refractivity contribution in [1.82, 2.24) is 10.1 Å². The van der Waals surface area contributed by atoms with Gasteiger partial charge in [-0.1, -0.05) is 46.6 Å². The van der Waals surface area contributed by atoms with Gasteiger partial charge in [0.2, 0.25) is 5.82 Å². The fourth-order valence-electron chi connectivity index (χ4n) is 2.25. The predicted octanol–water partition coefficient (Wildman–Crippen LogP) is 5.24. The van der Waals surface area contributed by atoms with Crippen molar-refractivity contribution in [2.24, 2.45) is 0 Å². The lowest BCUT2D eigenvalue weighted by molar-refractivity contribution is 0.283. The molecule has 23 heavy (non-hydrogen) atoms. The van der Waals surface area contributed by atoms with Crippen molar-refractivity contribution < 1.29 is 9.26 Å². The molecule has 4 nitrogen and oxygen atoms in total. The molecule has 0 fully saturated rings. The summed E-state index contributed by atoms with van der Waals surface area (Å²) >= 11 is 12.0. The minimum Gasteiger partial charge on any atom is -0.485 e. The molecule has 0 saturated heterocycles. The highest BCUT2D eigenvalue weighted by Crippen LogP contribution is 2.29. The van der Waals surface area contributed by atoms with Gasteiger partial charge in [0, 0.05) is 5.02 Å². The summed E-state index contributed by atoms with van der Waals surface area (Å²) in [5.41, 5.74) is 2.77. The van der Waals surface area contributed by atoms with E-state index in [0.717, 1.165) is 16.9 Å². The summed E-state index contributed by atoms with van der Waals surface area (Å²) in [6.45, 7) is 4.22. The van der Waals surface area contributed by atoms with Crippen molar-refractivity contribution in [3.63, 3.8) is 0 Å². The van der Waals surface area contributed by atoms with Gasteiger partial charge in [-0.3, -0.25) is 0 Å². The summed E-state index contributed by atoms with van der Waals surface area (Å²) < 4.78 is 11.1. The number of nitrogens with zero attached hydrogens (tertiary/aromatic N) is 2. The van der Waals surface area contributed by atoms with Crippen molar-refractivity contribution in [3.05, 3.63) is 63.4 Å². The molecule has 3 aromatic rings. The minimum atomic E-state index is 0.223. The van der Waals surface area contributed by atoms with Gasteiger partial charge in [-0.25, -0.2) is 0 Å². The quantitative estimate of drug-likeness (QED) is 0.646. The second-order valence-electron chi connectivity index (χ2n) is 5.15. The second kappa shape index (κ2) is 6.60. The molecule has 0 amide bonds. The van der Waals surface area contributed by atoms with Crippen molar-refractivity contribution in [2.45, 2.75) is 20.5 Å². The van der Waals surface area contributed by atoms with Crippen molar-refractivity contribution >= 4 is 23.2 Å². The lowest BCUT2D eigenvalue weighted by Gasteiger charge is -2.09. The number of ether oxygens (including phenoxy) is 1. The topological polar surface area (TPSA) is 48.2 Å². The molecule has 0 unspecified atom stereocenters. The third-order valence-electron chi connectivity index (χ3n) is 3.38. The zero-order valence-corrected chi connectivity index (χ0v) is 14.1. The molecule has 1 aromatic heterocycles. The molecule has 1 heterocycles. The van der Waals surface area contributed by atoms with Crippen LogP contribution in [-0.2, 0) is 6.61 Å². The smallest absolute Gasteiger partial charge is 0.259 e. The van der Waals surface area contributed by atoms with Crippen molar-refractivity contribution in [1.29, 1.82) is 0 Å². The van der Waals surface area contributed by atoms with Crippen LogP contribution in [0.4, 0.5) is 0 Å². The molecule has 0 N–H and O–H groups in total.